The third-order valence-electron chi connectivity index (χ3n) is 3.64. The minimum atomic E-state index is 0.125. The van der Waals surface area contributed by atoms with Gasteiger partial charge in [0, 0.05) is 18.8 Å². The molecule has 0 aliphatic heterocycles. The molecule has 1 aliphatic rings. The molecule has 1 aromatic rings. The first kappa shape index (κ1) is 14.9. The van der Waals surface area contributed by atoms with Crippen LogP contribution in [0.4, 0.5) is 5.69 Å². The summed E-state index contributed by atoms with van der Waals surface area (Å²) in [6.45, 7) is 5.06. The number of nitrogens with zero attached hydrogens (tertiary/aromatic N) is 1. The molecule has 0 heterocycles. The van der Waals surface area contributed by atoms with E-state index >= 15 is 0 Å². The lowest BCUT2D eigenvalue weighted by Gasteiger charge is -2.22. The molecule has 1 aromatic carbocycles. The molecule has 0 bridgehead atoms. The first-order valence-corrected chi connectivity index (χ1v) is 7.51. The summed E-state index contributed by atoms with van der Waals surface area (Å²) in [5.74, 6) is 0.850. The van der Waals surface area contributed by atoms with Gasteiger partial charge in [-0.2, -0.15) is 0 Å². The van der Waals surface area contributed by atoms with Crippen LogP contribution in [0.5, 0.6) is 0 Å². The average molecular weight is 275 g/mol. The summed E-state index contributed by atoms with van der Waals surface area (Å²) in [6.07, 6.45) is 3.56. The van der Waals surface area contributed by atoms with E-state index in [0.717, 1.165) is 43.2 Å². The molecule has 0 atom stereocenters. The average Bonchev–Trinajstić information content (AvgIpc) is 3.23. The number of para-hydroxylation sites is 1. The van der Waals surface area contributed by atoms with Crippen molar-refractivity contribution in [2.24, 2.45) is 5.92 Å². The van der Waals surface area contributed by atoms with Crippen molar-refractivity contribution in [1.29, 1.82) is 0 Å². The summed E-state index contributed by atoms with van der Waals surface area (Å²) < 4.78 is 0. The van der Waals surface area contributed by atoms with Crippen LogP contribution in [0, 0.1) is 5.92 Å². The van der Waals surface area contributed by atoms with Gasteiger partial charge in [0.2, 0.25) is 5.91 Å². The highest BCUT2D eigenvalue weighted by Gasteiger charge is 2.22. The van der Waals surface area contributed by atoms with Crippen LogP contribution in [0.25, 0.3) is 0 Å². The summed E-state index contributed by atoms with van der Waals surface area (Å²) in [5, 5.41) is 3.02. The van der Waals surface area contributed by atoms with Gasteiger partial charge in [0.25, 0.3) is 0 Å². The maximum absolute atomic E-state index is 12.0. The van der Waals surface area contributed by atoms with Crippen LogP contribution in [0.2, 0.25) is 0 Å². The van der Waals surface area contributed by atoms with Gasteiger partial charge in [0.1, 0.15) is 0 Å². The summed E-state index contributed by atoms with van der Waals surface area (Å²) in [6, 6.07) is 7.86. The highest BCUT2D eigenvalue weighted by Crippen LogP contribution is 2.27. The molecular weight excluding hydrogens is 250 g/mol. The fourth-order valence-electron chi connectivity index (χ4n) is 2.29. The first-order valence-electron chi connectivity index (χ1n) is 7.51. The number of nitrogen functional groups attached to an aromatic ring is 1. The second-order valence-electron chi connectivity index (χ2n) is 5.66. The van der Waals surface area contributed by atoms with Crippen LogP contribution in [-0.2, 0) is 11.3 Å². The number of anilines is 1. The fraction of sp³-hybridized carbons (Fsp3) is 0.562. The minimum absolute atomic E-state index is 0.125. The molecule has 0 spiro atoms. The van der Waals surface area contributed by atoms with Gasteiger partial charge in [0.05, 0.1) is 6.54 Å². The second kappa shape index (κ2) is 7.29. The molecule has 1 aliphatic carbocycles. The maximum atomic E-state index is 12.0. The Morgan fingerprint density at radius 1 is 1.40 bits per heavy atom. The van der Waals surface area contributed by atoms with Crippen molar-refractivity contribution in [2.45, 2.75) is 32.7 Å². The topological polar surface area (TPSA) is 58.4 Å². The van der Waals surface area contributed by atoms with Gasteiger partial charge in [-0.15, -0.1) is 0 Å². The lowest BCUT2D eigenvalue weighted by atomic mass is 10.1. The van der Waals surface area contributed by atoms with Crippen molar-refractivity contribution in [1.82, 2.24) is 10.2 Å². The smallest absolute Gasteiger partial charge is 0.234 e. The summed E-state index contributed by atoms with van der Waals surface area (Å²) >= 11 is 0. The molecule has 1 saturated carbocycles. The first-order chi connectivity index (χ1) is 9.69. The molecular formula is C16H25N3O. The molecule has 3 N–H and O–H groups in total. The van der Waals surface area contributed by atoms with Crippen LogP contribution in [0.15, 0.2) is 24.3 Å². The minimum Gasteiger partial charge on any atom is -0.398 e. The van der Waals surface area contributed by atoms with E-state index in [-0.39, 0.29) is 5.91 Å². The van der Waals surface area contributed by atoms with E-state index in [9.17, 15) is 4.79 Å². The van der Waals surface area contributed by atoms with E-state index in [1.54, 1.807) is 0 Å². The van der Waals surface area contributed by atoms with Gasteiger partial charge in [-0.3, -0.25) is 9.69 Å². The summed E-state index contributed by atoms with van der Waals surface area (Å²) in [7, 11) is 0. The third kappa shape index (κ3) is 4.85. The normalized spacial score (nSPS) is 14.5. The molecule has 0 unspecified atom stereocenters. The summed E-state index contributed by atoms with van der Waals surface area (Å²) in [4.78, 5) is 14.1. The van der Waals surface area contributed by atoms with Gasteiger partial charge in [0.15, 0.2) is 0 Å². The Morgan fingerprint density at radius 2 is 2.15 bits per heavy atom. The van der Waals surface area contributed by atoms with Crippen LogP contribution < -0.4 is 11.1 Å². The van der Waals surface area contributed by atoms with Gasteiger partial charge >= 0.3 is 0 Å². The van der Waals surface area contributed by atoms with Gasteiger partial charge in [-0.05, 0) is 43.4 Å². The molecule has 1 amide bonds. The van der Waals surface area contributed by atoms with E-state index in [2.05, 4.69) is 17.1 Å². The fourth-order valence-corrected chi connectivity index (χ4v) is 2.29. The number of hydrogen-bond donors (Lipinski definition) is 2. The van der Waals surface area contributed by atoms with Crippen LogP contribution in [-0.4, -0.2) is 30.4 Å². The van der Waals surface area contributed by atoms with Gasteiger partial charge in [-0.1, -0.05) is 25.1 Å². The molecule has 110 valence electrons. The lowest BCUT2D eigenvalue weighted by Crippen LogP contribution is -2.38. The van der Waals surface area contributed by atoms with Crippen LogP contribution in [0.3, 0.4) is 0 Å². The predicted octanol–water partition coefficient (Wildman–Crippen LogP) is 2.01. The van der Waals surface area contributed by atoms with Gasteiger partial charge < -0.3 is 11.1 Å². The zero-order valence-corrected chi connectivity index (χ0v) is 12.3. The Balaban J connectivity index is 1.85. The second-order valence-corrected chi connectivity index (χ2v) is 5.66. The highest BCUT2D eigenvalue weighted by molar-refractivity contribution is 5.78. The Morgan fingerprint density at radius 3 is 2.80 bits per heavy atom. The Bertz CT molecular complexity index is 443. The molecule has 4 heteroatoms. The highest BCUT2D eigenvalue weighted by atomic mass is 16.2. The summed E-state index contributed by atoms with van der Waals surface area (Å²) in [5.41, 5.74) is 7.87. The zero-order valence-electron chi connectivity index (χ0n) is 12.3. The van der Waals surface area contributed by atoms with Crippen molar-refractivity contribution in [3.05, 3.63) is 29.8 Å². The molecule has 1 fully saturated rings. The molecule has 0 radical (unpaired) electrons. The van der Waals surface area contributed by atoms with E-state index in [4.69, 9.17) is 5.73 Å². The van der Waals surface area contributed by atoms with E-state index < -0.39 is 0 Å². The van der Waals surface area contributed by atoms with Crippen molar-refractivity contribution >= 4 is 11.6 Å². The standard InChI is InChI=1S/C16H25N3O/c1-2-9-19(11-14-5-3-4-6-15(14)17)12-16(20)18-10-13-7-8-13/h3-6,13H,2,7-12,17H2,1H3,(H,18,20). The number of rotatable bonds is 8. The lowest BCUT2D eigenvalue weighted by molar-refractivity contribution is -0.122. The predicted molar refractivity (Wildman–Crippen MR) is 82.2 cm³/mol. The Kier molecular flexibility index (Phi) is 5.41. The van der Waals surface area contributed by atoms with Crippen molar-refractivity contribution in [3.8, 4) is 0 Å². The van der Waals surface area contributed by atoms with Crippen LogP contribution in [0.1, 0.15) is 31.7 Å². The number of benzene rings is 1. The van der Waals surface area contributed by atoms with Gasteiger partial charge in [-0.25, -0.2) is 0 Å². The monoisotopic (exact) mass is 275 g/mol. The zero-order chi connectivity index (χ0) is 14.4. The number of carbonyl (C=O) groups is 1. The quantitative estimate of drug-likeness (QED) is 0.714. The van der Waals surface area contributed by atoms with E-state index in [1.807, 2.05) is 24.3 Å². The Labute approximate surface area is 121 Å². The molecule has 0 aromatic heterocycles. The Hall–Kier alpha value is -1.55. The van der Waals surface area contributed by atoms with Crippen molar-refractivity contribution in [2.75, 3.05) is 25.4 Å². The molecule has 2 rings (SSSR count). The molecule has 0 saturated heterocycles. The number of nitrogens with one attached hydrogen (secondary N) is 1. The number of hydrogen-bond acceptors (Lipinski definition) is 3. The number of amides is 1. The number of nitrogens with two attached hydrogens (primary N) is 1. The van der Waals surface area contributed by atoms with Crippen molar-refractivity contribution < 1.29 is 4.79 Å². The largest absolute Gasteiger partial charge is 0.398 e. The number of carbonyl (C=O) groups excluding carboxylic acids is 1. The van der Waals surface area contributed by atoms with E-state index in [1.165, 1.54) is 12.8 Å². The molecule has 20 heavy (non-hydrogen) atoms. The van der Waals surface area contributed by atoms with E-state index in [0.29, 0.717) is 6.54 Å². The SMILES string of the molecule is CCCN(CC(=O)NCC1CC1)Cc1ccccc1N. The van der Waals surface area contributed by atoms with Crippen LogP contribution >= 0.6 is 0 Å². The molecule has 4 nitrogen and oxygen atoms in total. The third-order valence-corrected chi connectivity index (χ3v) is 3.64. The maximum Gasteiger partial charge on any atom is 0.234 e. The van der Waals surface area contributed by atoms with Crippen molar-refractivity contribution in [3.63, 3.8) is 0 Å².